The number of anilines is 1. The van der Waals surface area contributed by atoms with Gasteiger partial charge in [0.2, 0.25) is 5.28 Å². The zero-order valence-corrected chi connectivity index (χ0v) is 12.0. The van der Waals surface area contributed by atoms with Gasteiger partial charge < -0.3 is 21.1 Å². The van der Waals surface area contributed by atoms with Gasteiger partial charge in [0.15, 0.2) is 17.0 Å². The third-order valence-electron chi connectivity index (χ3n) is 3.48. The predicted octanol–water partition coefficient (Wildman–Crippen LogP) is -0.176. The van der Waals surface area contributed by atoms with E-state index >= 15 is 0 Å². The van der Waals surface area contributed by atoms with Crippen molar-refractivity contribution in [2.45, 2.75) is 18.2 Å². The summed E-state index contributed by atoms with van der Waals surface area (Å²) < 4.78 is 1.35. The fourth-order valence-electron chi connectivity index (χ4n) is 2.44. The highest BCUT2D eigenvalue weighted by Crippen LogP contribution is 2.41. The normalized spacial score (nSPS) is 26.0. The van der Waals surface area contributed by atoms with Crippen LogP contribution in [0.2, 0.25) is 5.28 Å². The van der Waals surface area contributed by atoms with E-state index in [1.54, 1.807) is 0 Å². The molecule has 3 rings (SSSR count). The molecule has 2 aromatic rings. The Bertz CT molecular complexity index is 747. The van der Waals surface area contributed by atoms with Gasteiger partial charge in [0, 0.05) is 10.6 Å². The molecule has 0 aromatic carbocycles. The van der Waals surface area contributed by atoms with Crippen molar-refractivity contribution in [1.82, 2.24) is 19.5 Å². The summed E-state index contributed by atoms with van der Waals surface area (Å²) in [7, 11) is 0. The first-order valence-electron chi connectivity index (χ1n) is 5.96. The van der Waals surface area contributed by atoms with Crippen LogP contribution in [0.4, 0.5) is 5.82 Å². The summed E-state index contributed by atoms with van der Waals surface area (Å²) in [5.74, 6) is 0.135. The molecule has 0 spiro atoms. The van der Waals surface area contributed by atoms with Crippen molar-refractivity contribution >= 4 is 40.2 Å². The van der Waals surface area contributed by atoms with Gasteiger partial charge in [0.1, 0.15) is 24.6 Å². The summed E-state index contributed by atoms with van der Waals surface area (Å²) >= 11 is 12.2. The number of halogens is 2. The van der Waals surface area contributed by atoms with Crippen molar-refractivity contribution in [3.63, 3.8) is 0 Å². The summed E-state index contributed by atoms with van der Waals surface area (Å²) in [6, 6.07) is -0.907. The van der Waals surface area contributed by atoms with Crippen molar-refractivity contribution in [2.75, 3.05) is 12.3 Å². The molecular weight excluding hydrogens is 321 g/mol. The highest BCUT2D eigenvalue weighted by Gasteiger charge is 2.42. The molecular formula is C11H11Cl2N5O3. The average Bonchev–Trinajstić information content (AvgIpc) is 2.87. The average molecular weight is 332 g/mol. The third kappa shape index (κ3) is 1.99. The minimum Gasteiger partial charge on any atom is -0.392 e. The summed E-state index contributed by atoms with van der Waals surface area (Å²) in [4.78, 5) is 11.9. The van der Waals surface area contributed by atoms with Gasteiger partial charge in [0.25, 0.3) is 0 Å². The van der Waals surface area contributed by atoms with Crippen LogP contribution in [0.15, 0.2) is 16.9 Å². The summed E-state index contributed by atoms with van der Waals surface area (Å²) in [5.41, 5.74) is 6.39. The number of hydrogen-bond acceptors (Lipinski definition) is 7. The van der Waals surface area contributed by atoms with E-state index in [-0.39, 0.29) is 32.9 Å². The van der Waals surface area contributed by atoms with Crippen LogP contribution in [0.3, 0.4) is 0 Å². The molecule has 0 fully saturated rings. The largest absolute Gasteiger partial charge is 0.392 e. The van der Waals surface area contributed by atoms with Crippen LogP contribution in [0.5, 0.6) is 0 Å². The van der Waals surface area contributed by atoms with Gasteiger partial charge in [-0.05, 0) is 11.6 Å². The van der Waals surface area contributed by atoms with Crippen molar-refractivity contribution in [1.29, 1.82) is 0 Å². The molecule has 1 aliphatic carbocycles. The van der Waals surface area contributed by atoms with Gasteiger partial charge in [-0.3, -0.25) is 4.57 Å². The van der Waals surface area contributed by atoms with Crippen LogP contribution in [0, 0.1) is 0 Å². The molecule has 0 amide bonds. The number of nitrogens with zero attached hydrogens (tertiary/aromatic N) is 4. The Morgan fingerprint density at radius 1 is 1.29 bits per heavy atom. The topological polar surface area (TPSA) is 130 Å². The molecule has 0 radical (unpaired) electrons. The van der Waals surface area contributed by atoms with Gasteiger partial charge in [-0.15, -0.1) is 0 Å². The SMILES string of the molecule is Nc1ncnc2c1nc(Cl)n2C1C(Cl)=C(CO)[C@H](O)[C@H]1O. The maximum atomic E-state index is 10.2. The molecule has 10 heteroatoms. The number of aliphatic hydroxyl groups excluding tert-OH is 3. The van der Waals surface area contributed by atoms with Crippen molar-refractivity contribution < 1.29 is 15.3 Å². The molecule has 21 heavy (non-hydrogen) atoms. The molecule has 112 valence electrons. The number of rotatable bonds is 2. The highest BCUT2D eigenvalue weighted by molar-refractivity contribution is 6.32. The number of imidazole rings is 1. The van der Waals surface area contributed by atoms with Crippen LogP contribution in [-0.4, -0.2) is 53.7 Å². The molecule has 2 aromatic heterocycles. The lowest BCUT2D eigenvalue weighted by Gasteiger charge is -2.20. The summed E-state index contributed by atoms with van der Waals surface area (Å²) in [6.07, 6.45) is -1.35. The van der Waals surface area contributed by atoms with E-state index in [1.807, 2.05) is 0 Å². The predicted molar refractivity (Wildman–Crippen MR) is 75.8 cm³/mol. The van der Waals surface area contributed by atoms with Gasteiger partial charge in [-0.25, -0.2) is 15.0 Å². The molecule has 0 aliphatic heterocycles. The zero-order valence-electron chi connectivity index (χ0n) is 10.5. The Morgan fingerprint density at radius 2 is 2.00 bits per heavy atom. The molecule has 5 N–H and O–H groups in total. The second-order valence-corrected chi connectivity index (χ2v) is 5.34. The van der Waals surface area contributed by atoms with Gasteiger partial charge >= 0.3 is 0 Å². The molecule has 1 unspecified atom stereocenters. The van der Waals surface area contributed by atoms with E-state index in [0.717, 1.165) is 0 Å². The Balaban J connectivity index is 2.24. The number of aromatic nitrogens is 4. The Morgan fingerprint density at radius 3 is 2.62 bits per heavy atom. The molecule has 0 saturated heterocycles. The summed E-state index contributed by atoms with van der Waals surface area (Å²) in [6.45, 7) is -0.477. The molecule has 0 saturated carbocycles. The van der Waals surface area contributed by atoms with E-state index in [0.29, 0.717) is 0 Å². The lowest BCUT2D eigenvalue weighted by molar-refractivity contribution is 0.0285. The maximum Gasteiger partial charge on any atom is 0.205 e. The van der Waals surface area contributed by atoms with Crippen molar-refractivity contribution in [3.05, 3.63) is 22.2 Å². The monoisotopic (exact) mass is 331 g/mol. The molecule has 8 nitrogen and oxygen atoms in total. The van der Waals surface area contributed by atoms with Gasteiger partial charge in [-0.2, -0.15) is 0 Å². The smallest absolute Gasteiger partial charge is 0.205 e. The minimum atomic E-state index is -1.29. The molecule has 2 heterocycles. The number of hydrogen-bond donors (Lipinski definition) is 4. The Hall–Kier alpha value is -1.45. The van der Waals surface area contributed by atoms with Gasteiger partial charge in [-0.1, -0.05) is 11.6 Å². The summed E-state index contributed by atoms with van der Waals surface area (Å²) in [5, 5.41) is 29.4. The van der Waals surface area contributed by atoms with Crippen LogP contribution in [0.1, 0.15) is 6.04 Å². The van der Waals surface area contributed by atoms with E-state index in [2.05, 4.69) is 15.0 Å². The van der Waals surface area contributed by atoms with Gasteiger partial charge in [0.05, 0.1) is 6.61 Å². The first-order chi connectivity index (χ1) is 9.97. The minimum absolute atomic E-state index is 0.00853. The van der Waals surface area contributed by atoms with E-state index < -0.39 is 24.9 Å². The lowest BCUT2D eigenvalue weighted by Crippen LogP contribution is -2.30. The van der Waals surface area contributed by atoms with Crippen LogP contribution >= 0.6 is 23.2 Å². The van der Waals surface area contributed by atoms with Crippen LogP contribution in [0.25, 0.3) is 11.2 Å². The second-order valence-electron chi connectivity index (χ2n) is 4.59. The fourth-order valence-corrected chi connectivity index (χ4v) is 3.11. The molecule has 0 bridgehead atoms. The number of fused-ring (bicyclic) bond motifs is 1. The van der Waals surface area contributed by atoms with E-state index in [9.17, 15) is 15.3 Å². The fraction of sp³-hybridized carbons (Fsp3) is 0.364. The highest BCUT2D eigenvalue weighted by atomic mass is 35.5. The van der Waals surface area contributed by atoms with Crippen LogP contribution in [-0.2, 0) is 0 Å². The maximum absolute atomic E-state index is 10.2. The number of nitrogens with two attached hydrogens (primary N) is 1. The lowest BCUT2D eigenvalue weighted by atomic mass is 10.1. The zero-order chi connectivity index (χ0) is 15.3. The molecule has 1 aliphatic rings. The van der Waals surface area contributed by atoms with Crippen molar-refractivity contribution in [3.8, 4) is 0 Å². The quantitative estimate of drug-likeness (QED) is 0.561. The van der Waals surface area contributed by atoms with Crippen molar-refractivity contribution in [2.24, 2.45) is 0 Å². The third-order valence-corrected chi connectivity index (χ3v) is 4.21. The molecule has 3 atom stereocenters. The Kier molecular flexibility index (Phi) is 3.50. The standard InChI is InChI=1S/C11H11Cl2N5O3/c12-4-3(1-19)7(20)8(21)6(4)18-10-5(17-11(18)13)9(14)15-2-16-10/h2,6-8,19-21H,1H2,(H2,14,15,16)/t6?,7-,8-/m0/s1. The Labute approximate surface area is 128 Å². The first-order valence-corrected chi connectivity index (χ1v) is 6.72. The van der Waals surface area contributed by atoms with E-state index in [4.69, 9.17) is 28.9 Å². The van der Waals surface area contributed by atoms with Crippen LogP contribution < -0.4 is 5.73 Å². The van der Waals surface area contributed by atoms with E-state index in [1.165, 1.54) is 10.9 Å². The number of nitrogen functional groups attached to an aromatic ring is 1. The first kappa shape index (κ1) is 14.5. The number of aliphatic hydroxyl groups is 3. The second kappa shape index (κ2) is 5.08.